The van der Waals surface area contributed by atoms with E-state index in [1.807, 2.05) is 6.07 Å². The summed E-state index contributed by atoms with van der Waals surface area (Å²) in [6, 6.07) is 12.0. The van der Waals surface area contributed by atoms with Crippen LogP contribution in [-0.4, -0.2) is 18.0 Å². The molecule has 0 bridgehead atoms. The first-order valence-corrected chi connectivity index (χ1v) is 6.39. The van der Waals surface area contributed by atoms with E-state index in [9.17, 15) is 4.39 Å². The molecule has 1 N–H and O–H groups in total. The SMILES string of the molecule is COc1cccc(COc2ccccc2/C(C)=N/O)c1F. The van der Waals surface area contributed by atoms with E-state index in [4.69, 9.17) is 14.7 Å². The summed E-state index contributed by atoms with van der Waals surface area (Å²) < 4.78 is 24.6. The average molecular weight is 289 g/mol. The molecule has 21 heavy (non-hydrogen) atoms. The Labute approximate surface area is 122 Å². The van der Waals surface area contributed by atoms with Crippen LogP contribution in [0, 0.1) is 5.82 Å². The van der Waals surface area contributed by atoms with Crippen LogP contribution in [0.25, 0.3) is 0 Å². The van der Waals surface area contributed by atoms with E-state index in [2.05, 4.69) is 5.16 Å². The smallest absolute Gasteiger partial charge is 0.171 e. The van der Waals surface area contributed by atoms with Crippen LogP contribution >= 0.6 is 0 Å². The second-order valence-electron chi connectivity index (χ2n) is 4.40. The number of hydrogen-bond acceptors (Lipinski definition) is 4. The van der Waals surface area contributed by atoms with Crippen LogP contribution in [0.5, 0.6) is 11.5 Å². The maximum absolute atomic E-state index is 14.0. The lowest BCUT2D eigenvalue weighted by atomic mass is 10.1. The molecule has 0 saturated heterocycles. The van der Waals surface area contributed by atoms with Crippen LogP contribution in [0.2, 0.25) is 0 Å². The number of halogens is 1. The molecule has 0 saturated carbocycles. The van der Waals surface area contributed by atoms with Crippen molar-refractivity contribution >= 4 is 5.71 Å². The Balaban J connectivity index is 2.21. The van der Waals surface area contributed by atoms with Crippen molar-refractivity contribution in [3.05, 3.63) is 59.4 Å². The fourth-order valence-corrected chi connectivity index (χ4v) is 1.93. The van der Waals surface area contributed by atoms with Gasteiger partial charge in [-0.1, -0.05) is 29.4 Å². The van der Waals surface area contributed by atoms with Gasteiger partial charge in [-0.15, -0.1) is 0 Å². The Morgan fingerprint density at radius 2 is 1.86 bits per heavy atom. The molecule has 0 heterocycles. The monoisotopic (exact) mass is 289 g/mol. The molecule has 2 rings (SSSR count). The number of benzene rings is 2. The Morgan fingerprint density at radius 1 is 1.14 bits per heavy atom. The van der Waals surface area contributed by atoms with E-state index in [-0.39, 0.29) is 12.4 Å². The molecule has 0 radical (unpaired) electrons. The lowest BCUT2D eigenvalue weighted by Gasteiger charge is -2.12. The summed E-state index contributed by atoms with van der Waals surface area (Å²) in [5.74, 6) is 0.262. The van der Waals surface area contributed by atoms with Crippen molar-refractivity contribution in [1.29, 1.82) is 0 Å². The second-order valence-corrected chi connectivity index (χ2v) is 4.40. The highest BCUT2D eigenvalue weighted by atomic mass is 19.1. The molecule has 0 amide bonds. The molecule has 2 aromatic carbocycles. The second kappa shape index (κ2) is 6.74. The fourth-order valence-electron chi connectivity index (χ4n) is 1.93. The molecule has 0 aliphatic heterocycles. The normalized spacial score (nSPS) is 11.3. The number of ether oxygens (including phenoxy) is 2. The Hall–Kier alpha value is -2.56. The van der Waals surface area contributed by atoms with Crippen LogP contribution in [-0.2, 0) is 6.61 Å². The minimum Gasteiger partial charge on any atom is -0.494 e. The summed E-state index contributed by atoms with van der Waals surface area (Å²) >= 11 is 0. The molecule has 0 atom stereocenters. The predicted molar refractivity (Wildman–Crippen MR) is 77.7 cm³/mol. The molecule has 0 aliphatic carbocycles. The van der Waals surface area contributed by atoms with Crippen molar-refractivity contribution in [3.63, 3.8) is 0 Å². The third-order valence-electron chi connectivity index (χ3n) is 3.07. The molecule has 5 heteroatoms. The number of hydrogen-bond donors (Lipinski definition) is 1. The summed E-state index contributed by atoms with van der Waals surface area (Å²) in [5.41, 5.74) is 1.47. The average Bonchev–Trinajstić information content (AvgIpc) is 2.53. The van der Waals surface area contributed by atoms with Gasteiger partial charge in [0.05, 0.1) is 12.8 Å². The number of nitrogens with zero attached hydrogens (tertiary/aromatic N) is 1. The number of rotatable bonds is 5. The van der Waals surface area contributed by atoms with Crippen molar-refractivity contribution in [2.24, 2.45) is 5.16 Å². The number of oxime groups is 1. The largest absolute Gasteiger partial charge is 0.494 e. The molecular weight excluding hydrogens is 273 g/mol. The maximum atomic E-state index is 14.0. The molecule has 4 nitrogen and oxygen atoms in total. The Bertz CT molecular complexity index is 656. The zero-order chi connectivity index (χ0) is 15.2. The van der Waals surface area contributed by atoms with E-state index in [1.54, 1.807) is 43.3 Å². The van der Waals surface area contributed by atoms with E-state index in [0.29, 0.717) is 22.6 Å². The van der Waals surface area contributed by atoms with Crippen molar-refractivity contribution < 1.29 is 19.1 Å². The number of para-hydroxylation sites is 1. The summed E-state index contributed by atoms with van der Waals surface area (Å²) in [6.45, 7) is 1.72. The minimum absolute atomic E-state index is 0.0543. The van der Waals surface area contributed by atoms with Gasteiger partial charge in [-0.3, -0.25) is 0 Å². The highest BCUT2D eigenvalue weighted by Crippen LogP contribution is 2.24. The van der Waals surface area contributed by atoms with Gasteiger partial charge >= 0.3 is 0 Å². The van der Waals surface area contributed by atoms with Crippen molar-refractivity contribution in [3.8, 4) is 11.5 Å². The molecule has 110 valence electrons. The van der Waals surface area contributed by atoms with Gasteiger partial charge in [-0.25, -0.2) is 4.39 Å². The van der Waals surface area contributed by atoms with Crippen molar-refractivity contribution in [2.75, 3.05) is 7.11 Å². The lowest BCUT2D eigenvalue weighted by Crippen LogP contribution is -2.04. The number of methoxy groups -OCH3 is 1. The Kier molecular flexibility index (Phi) is 4.77. The summed E-state index contributed by atoms with van der Waals surface area (Å²) in [4.78, 5) is 0. The fraction of sp³-hybridized carbons (Fsp3) is 0.188. The summed E-state index contributed by atoms with van der Waals surface area (Å²) in [6.07, 6.45) is 0. The third-order valence-corrected chi connectivity index (χ3v) is 3.07. The van der Waals surface area contributed by atoms with Gasteiger partial charge in [0.15, 0.2) is 11.6 Å². The molecule has 0 unspecified atom stereocenters. The minimum atomic E-state index is -0.440. The summed E-state index contributed by atoms with van der Waals surface area (Å²) in [5, 5.41) is 12.0. The zero-order valence-corrected chi connectivity index (χ0v) is 11.8. The van der Waals surface area contributed by atoms with Gasteiger partial charge < -0.3 is 14.7 Å². The highest BCUT2D eigenvalue weighted by molar-refractivity contribution is 6.00. The van der Waals surface area contributed by atoms with Crippen LogP contribution in [0.15, 0.2) is 47.6 Å². The molecule has 0 spiro atoms. The van der Waals surface area contributed by atoms with E-state index >= 15 is 0 Å². The van der Waals surface area contributed by atoms with Crippen LogP contribution < -0.4 is 9.47 Å². The Morgan fingerprint density at radius 3 is 2.57 bits per heavy atom. The standard InChI is InChI=1S/C16H16FNO3/c1-11(18-19)13-7-3-4-8-14(13)21-10-12-6-5-9-15(20-2)16(12)17/h3-9,19H,10H2,1-2H3/b18-11+. The first-order valence-electron chi connectivity index (χ1n) is 6.39. The maximum Gasteiger partial charge on any atom is 0.171 e. The van der Waals surface area contributed by atoms with Gasteiger partial charge in [0, 0.05) is 11.1 Å². The van der Waals surface area contributed by atoms with E-state index < -0.39 is 5.82 Å². The van der Waals surface area contributed by atoms with E-state index in [0.717, 1.165) is 0 Å². The van der Waals surface area contributed by atoms with Crippen LogP contribution in [0.1, 0.15) is 18.1 Å². The summed E-state index contributed by atoms with van der Waals surface area (Å²) in [7, 11) is 1.42. The van der Waals surface area contributed by atoms with Crippen LogP contribution in [0.3, 0.4) is 0 Å². The molecule has 2 aromatic rings. The quantitative estimate of drug-likeness (QED) is 0.519. The topological polar surface area (TPSA) is 51.0 Å². The molecule has 0 fully saturated rings. The zero-order valence-electron chi connectivity index (χ0n) is 11.8. The van der Waals surface area contributed by atoms with Gasteiger partial charge in [0.25, 0.3) is 0 Å². The molecular formula is C16H16FNO3. The lowest BCUT2D eigenvalue weighted by molar-refractivity contribution is 0.294. The van der Waals surface area contributed by atoms with Crippen molar-refractivity contribution in [2.45, 2.75) is 13.5 Å². The highest BCUT2D eigenvalue weighted by Gasteiger charge is 2.11. The molecule has 0 aromatic heterocycles. The van der Waals surface area contributed by atoms with Gasteiger partial charge in [0.2, 0.25) is 0 Å². The van der Waals surface area contributed by atoms with Crippen LogP contribution in [0.4, 0.5) is 4.39 Å². The van der Waals surface area contributed by atoms with Crippen molar-refractivity contribution in [1.82, 2.24) is 0 Å². The van der Waals surface area contributed by atoms with Gasteiger partial charge in [-0.05, 0) is 25.1 Å². The van der Waals surface area contributed by atoms with Gasteiger partial charge in [0.1, 0.15) is 12.4 Å². The third kappa shape index (κ3) is 3.31. The van der Waals surface area contributed by atoms with Gasteiger partial charge in [-0.2, -0.15) is 0 Å². The molecule has 0 aliphatic rings. The predicted octanol–water partition coefficient (Wildman–Crippen LogP) is 3.61. The first kappa shape index (κ1) is 14.8. The first-order chi connectivity index (χ1) is 10.2. The van der Waals surface area contributed by atoms with E-state index in [1.165, 1.54) is 7.11 Å².